The van der Waals surface area contributed by atoms with Crippen LogP contribution in [0.1, 0.15) is 11.1 Å². The number of anilines is 1. The summed E-state index contributed by atoms with van der Waals surface area (Å²) in [6, 6.07) is 16.7. The van der Waals surface area contributed by atoms with E-state index in [1.807, 2.05) is 55.5 Å². The maximum absolute atomic E-state index is 13.3. The van der Waals surface area contributed by atoms with Crippen LogP contribution in [0.5, 0.6) is 0 Å². The number of nitriles is 1. The van der Waals surface area contributed by atoms with Gasteiger partial charge in [-0.3, -0.25) is 14.5 Å². The van der Waals surface area contributed by atoms with Crippen molar-refractivity contribution in [3.05, 3.63) is 75.3 Å². The largest absolute Gasteiger partial charge is 0.354 e. The number of nitrogens with zero attached hydrogens (tertiary/aromatic N) is 2. The van der Waals surface area contributed by atoms with E-state index in [1.165, 1.54) is 23.7 Å². The Hall–Kier alpha value is -2.75. The van der Waals surface area contributed by atoms with E-state index in [4.69, 9.17) is 11.6 Å². The fourth-order valence-electron chi connectivity index (χ4n) is 3.01. The van der Waals surface area contributed by atoms with E-state index in [1.54, 1.807) is 6.07 Å². The maximum atomic E-state index is 13.3. The molecule has 0 spiro atoms. The number of aryl methyl sites for hydroxylation is 1. The second kappa shape index (κ2) is 8.51. The lowest BCUT2D eigenvalue weighted by molar-refractivity contribution is -0.117. The molecular weight excluding hydrogens is 394 g/mol. The van der Waals surface area contributed by atoms with E-state index in [2.05, 4.69) is 5.32 Å². The summed E-state index contributed by atoms with van der Waals surface area (Å²) in [4.78, 5) is 27.0. The highest BCUT2D eigenvalue weighted by Crippen LogP contribution is 2.43. The van der Waals surface area contributed by atoms with Crippen LogP contribution < -0.4 is 10.2 Å². The van der Waals surface area contributed by atoms with Crippen LogP contribution in [0.15, 0.2) is 59.1 Å². The fourth-order valence-corrected chi connectivity index (χ4v) is 4.51. The summed E-state index contributed by atoms with van der Waals surface area (Å²) in [5.74, 6) is -0.694. The molecular formula is C21H18ClN3O2S. The number of nitrogens with one attached hydrogen (secondary N) is 1. The molecule has 3 rings (SSSR count). The van der Waals surface area contributed by atoms with Gasteiger partial charge in [-0.05, 0) is 36.6 Å². The number of amides is 2. The molecule has 0 radical (unpaired) electrons. The fraction of sp³-hybridized carbons (Fsp3) is 0.190. The van der Waals surface area contributed by atoms with Crippen LogP contribution in [-0.2, 0) is 16.0 Å². The third kappa shape index (κ3) is 3.77. The van der Waals surface area contributed by atoms with Crippen molar-refractivity contribution in [2.75, 3.05) is 11.9 Å². The lowest BCUT2D eigenvalue weighted by Crippen LogP contribution is -2.32. The zero-order chi connectivity index (χ0) is 20.3. The third-order valence-corrected chi connectivity index (χ3v) is 6.08. The minimum atomic E-state index is -0.519. The van der Waals surface area contributed by atoms with Crippen LogP contribution in [0, 0.1) is 18.3 Å². The van der Waals surface area contributed by atoms with Crippen molar-refractivity contribution in [3.63, 3.8) is 0 Å². The molecule has 142 valence electrons. The number of carbonyl (C=O) groups excluding carboxylic acids is 2. The number of carbonyl (C=O) groups is 2. The smallest absolute Gasteiger partial charge is 0.264 e. The first-order valence-electron chi connectivity index (χ1n) is 8.64. The zero-order valence-corrected chi connectivity index (χ0v) is 17.0. The summed E-state index contributed by atoms with van der Waals surface area (Å²) in [6.07, 6.45) is 0.404. The average molecular weight is 412 g/mol. The normalized spacial score (nSPS) is 18.0. The molecule has 1 saturated heterocycles. The number of rotatable bonds is 4. The Morgan fingerprint density at radius 2 is 1.93 bits per heavy atom. The highest BCUT2D eigenvalue weighted by molar-refractivity contribution is 8.05. The number of hydrogen-bond acceptors (Lipinski definition) is 4. The molecule has 1 fully saturated rings. The monoisotopic (exact) mass is 411 g/mol. The Morgan fingerprint density at radius 1 is 1.25 bits per heavy atom. The van der Waals surface area contributed by atoms with Gasteiger partial charge in [-0.25, -0.2) is 0 Å². The van der Waals surface area contributed by atoms with Crippen LogP contribution in [-0.4, -0.2) is 24.1 Å². The third-order valence-electron chi connectivity index (χ3n) is 4.45. The first-order valence-corrected chi connectivity index (χ1v) is 9.89. The van der Waals surface area contributed by atoms with Crippen molar-refractivity contribution in [1.82, 2.24) is 5.32 Å². The summed E-state index contributed by atoms with van der Waals surface area (Å²) in [5.41, 5.74) is 2.31. The minimum absolute atomic E-state index is 0.0780. The van der Waals surface area contributed by atoms with Gasteiger partial charge in [-0.2, -0.15) is 5.26 Å². The van der Waals surface area contributed by atoms with Crippen molar-refractivity contribution >= 4 is 40.9 Å². The van der Waals surface area contributed by atoms with Gasteiger partial charge < -0.3 is 5.32 Å². The van der Waals surface area contributed by atoms with E-state index in [9.17, 15) is 14.9 Å². The van der Waals surface area contributed by atoms with Crippen LogP contribution in [0.25, 0.3) is 0 Å². The Kier molecular flexibility index (Phi) is 6.08. The number of likely N-dealkylation sites (N-methyl/N-ethyl adjacent to an activating group) is 1. The topological polar surface area (TPSA) is 73.2 Å². The highest BCUT2D eigenvalue weighted by Gasteiger charge is 2.41. The standard InChI is InChI=1S/C21H18ClN3O2S/c1-13-7-3-6-10-17(13)25-20(27)18(11-14-8-4-5-9-16(14)22)28-21(25)15(12-23)19(26)24-2/h3-10,18H,11H2,1-2H3,(H,24,26)/b21-15+/t18-/m1/s1. The van der Waals surface area contributed by atoms with Crippen LogP contribution in [0.3, 0.4) is 0 Å². The molecule has 0 aliphatic carbocycles. The second-order valence-electron chi connectivity index (χ2n) is 6.23. The summed E-state index contributed by atoms with van der Waals surface area (Å²) < 4.78 is 0. The molecule has 1 aliphatic heterocycles. The molecule has 5 nitrogen and oxygen atoms in total. The first-order chi connectivity index (χ1) is 13.5. The summed E-state index contributed by atoms with van der Waals surface area (Å²) in [7, 11) is 1.46. The van der Waals surface area contributed by atoms with Crippen LogP contribution in [0.4, 0.5) is 5.69 Å². The van der Waals surface area contributed by atoms with E-state index in [0.29, 0.717) is 22.2 Å². The van der Waals surface area contributed by atoms with Gasteiger partial charge >= 0.3 is 0 Å². The molecule has 1 atom stereocenters. The minimum Gasteiger partial charge on any atom is -0.354 e. The van der Waals surface area contributed by atoms with Gasteiger partial charge in [0.2, 0.25) is 5.91 Å². The van der Waals surface area contributed by atoms with Crippen LogP contribution >= 0.6 is 23.4 Å². The molecule has 2 aromatic rings. The number of para-hydroxylation sites is 1. The van der Waals surface area contributed by atoms with E-state index in [0.717, 1.165) is 11.1 Å². The lowest BCUT2D eigenvalue weighted by Gasteiger charge is -2.20. The molecule has 0 unspecified atom stereocenters. The summed E-state index contributed by atoms with van der Waals surface area (Å²) in [6.45, 7) is 1.89. The number of halogens is 1. The average Bonchev–Trinajstić information content (AvgIpc) is 3.00. The van der Waals surface area contributed by atoms with Gasteiger partial charge in [0.25, 0.3) is 5.91 Å². The van der Waals surface area contributed by atoms with Crippen molar-refractivity contribution < 1.29 is 9.59 Å². The predicted octanol–water partition coefficient (Wildman–Crippen LogP) is 3.82. The van der Waals surface area contributed by atoms with Gasteiger partial charge in [-0.15, -0.1) is 0 Å². The number of thioether (sulfide) groups is 1. The van der Waals surface area contributed by atoms with Gasteiger partial charge in [-0.1, -0.05) is 59.8 Å². The van der Waals surface area contributed by atoms with E-state index >= 15 is 0 Å². The Morgan fingerprint density at radius 3 is 2.57 bits per heavy atom. The van der Waals surface area contributed by atoms with E-state index < -0.39 is 11.2 Å². The Balaban J connectivity index is 2.09. The maximum Gasteiger partial charge on any atom is 0.264 e. The van der Waals surface area contributed by atoms with Gasteiger partial charge in [0.05, 0.1) is 10.9 Å². The number of benzene rings is 2. The second-order valence-corrected chi connectivity index (χ2v) is 7.83. The Bertz CT molecular complexity index is 1010. The van der Waals surface area contributed by atoms with Crippen molar-refractivity contribution in [3.8, 4) is 6.07 Å². The van der Waals surface area contributed by atoms with Crippen molar-refractivity contribution in [2.45, 2.75) is 18.6 Å². The predicted molar refractivity (Wildman–Crippen MR) is 112 cm³/mol. The Labute approximate surface area is 173 Å². The molecule has 2 amide bonds. The van der Waals surface area contributed by atoms with Gasteiger partial charge in [0.1, 0.15) is 16.7 Å². The molecule has 0 bridgehead atoms. The molecule has 28 heavy (non-hydrogen) atoms. The molecule has 2 aromatic carbocycles. The highest BCUT2D eigenvalue weighted by atomic mass is 35.5. The number of hydrogen-bond donors (Lipinski definition) is 1. The molecule has 0 saturated carbocycles. The quantitative estimate of drug-likeness (QED) is 0.613. The SMILES string of the molecule is CNC(=O)/C(C#N)=C1/S[C@H](Cc2ccccc2Cl)C(=O)N1c1ccccc1C. The first kappa shape index (κ1) is 20.0. The molecule has 1 heterocycles. The van der Waals surface area contributed by atoms with E-state index in [-0.39, 0.29) is 11.5 Å². The van der Waals surface area contributed by atoms with Gasteiger partial charge in [0.15, 0.2) is 0 Å². The summed E-state index contributed by atoms with van der Waals surface area (Å²) in [5, 5.41) is 12.5. The lowest BCUT2D eigenvalue weighted by atomic mass is 10.1. The van der Waals surface area contributed by atoms with Crippen molar-refractivity contribution in [2.24, 2.45) is 0 Å². The molecule has 0 aromatic heterocycles. The molecule has 1 N–H and O–H groups in total. The zero-order valence-electron chi connectivity index (χ0n) is 15.4. The van der Waals surface area contributed by atoms with Gasteiger partial charge in [0, 0.05) is 12.1 Å². The molecule has 7 heteroatoms. The van der Waals surface area contributed by atoms with Crippen molar-refractivity contribution in [1.29, 1.82) is 5.26 Å². The molecule has 1 aliphatic rings. The summed E-state index contributed by atoms with van der Waals surface area (Å²) >= 11 is 7.49. The van der Waals surface area contributed by atoms with Crippen LogP contribution in [0.2, 0.25) is 5.02 Å².